The van der Waals surface area contributed by atoms with E-state index in [4.69, 9.17) is 0 Å². The SMILES string of the molecule is CC[CH2][Sc]. The summed E-state index contributed by atoms with van der Waals surface area (Å²) in [5.74, 6) is 0. The molecule has 0 N–H and O–H groups in total. The molecule has 22 valence electrons. The van der Waals surface area contributed by atoms with Gasteiger partial charge in [-0.2, -0.15) is 0 Å². The maximum atomic E-state index is 2.20. The molecule has 0 heterocycles. The van der Waals surface area contributed by atoms with Gasteiger partial charge >= 0.3 is 41.9 Å². The Morgan fingerprint density at radius 1 is 1.75 bits per heavy atom. The van der Waals surface area contributed by atoms with Gasteiger partial charge in [-0.05, 0) is 0 Å². The van der Waals surface area contributed by atoms with Crippen LogP contribution in [0.25, 0.3) is 0 Å². The quantitative estimate of drug-likeness (QED) is 0.454. The van der Waals surface area contributed by atoms with Crippen molar-refractivity contribution in [1.29, 1.82) is 0 Å². The van der Waals surface area contributed by atoms with Gasteiger partial charge in [-0.15, -0.1) is 0 Å². The van der Waals surface area contributed by atoms with Gasteiger partial charge in [0.25, 0.3) is 0 Å². The second kappa shape index (κ2) is 3.87. The molecule has 0 nitrogen and oxygen atoms in total. The first-order valence-corrected chi connectivity index (χ1v) is 2.89. The van der Waals surface area contributed by atoms with Crippen LogP contribution in [0.1, 0.15) is 13.3 Å². The first kappa shape index (κ1) is 4.87. The summed E-state index contributed by atoms with van der Waals surface area (Å²) in [4.78, 5) is 0. The molecule has 0 saturated carbocycles. The van der Waals surface area contributed by atoms with E-state index in [9.17, 15) is 0 Å². The Hall–Kier alpha value is 0.870. The van der Waals surface area contributed by atoms with Crippen molar-refractivity contribution in [2.75, 3.05) is 0 Å². The van der Waals surface area contributed by atoms with Crippen LogP contribution in [0.15, 0.2) is 0 Å². The molecule has 0 aliphatic carbocycles. The van der Waals surface area contributed by atoms with Crippen LogP contribution in [0.2, 0.25) is 4.18 Å². The fourth-order valence-electron chi connectivity index (χ4n) is 0. The Kier molecular flexibility index (Phi) is 4.71. The van der Waals surface area contributed by atoms with Gasteiger partial charge < -0.3 is 0 Å². The van der Waals surface area contributed by atoms with Gasteiger partial charge in [-0.1, -0.05) is 0 Å². The monoisotopic (exact) mass is 88.0 g/mol. The van der Waals surface area contributed by atoms with Crippen LogP contribution in [0.5, 0.6) is 0 Å². The molecule has 0 aliphatic heterocycles. The number of rotatable bonds is 1. The van der Waals surface area contributed by atoms with Crippen LogP contribution in [-0.2, 0) is 24.4 Å². The molecule has 0 fully saturated rings. The Morgan fingerprint density at radius 3 is 2.00 bits per heavy atom. The summed E-state index contributed by atoms with van der Waals surface area (Å²) >= 11 is 1.82. The number of hydrogen-bond acceptors (Lipinski definition) is 0. The first-order valence-electron chi connectivity index (χ1n) is 1.62. The van der Waals surface area contributed by atoms with Gasteiger partial charge in [0.2, 0.25) is 0 Å². The third-order valence-corrected chi connectivity index (χ3v) is 1.19. The zero-order chi connectivity index (χ0) is 3.41. The summed E-state index contributed by atoms with van der Waals surface area (Å²) in [7, 11) is 0. The fourth-order valence-corrected chi connectivity index (χ4v) is 0. The summed E-state index contributed by atoms with van der Waals surface area (Å²) in [6.07, 6.45) is 1.35. The summed E-state index contributed by atoms with van der Waals surface area (Å²) in [5, 5.41) is 0. The molecule has 1 heteroatoms. The van der Waals surface area contributed by atoms with E-state index in [0.29, 0.717) is 0 Å². The molecule has 0 aromatic rings. The van der Waals surface area contributed by atoms with Crippen molar-refractivity contribution < 1.29 is 24.4 Å². The van der Waals surface area contributed by atoms with Crippen LogP contribution < -0.4 is 0 Å². The fraction of sp³-hybridized carbons (Fsp3) is 1.00. The Bertz CT molecular complexity index is 5.25. The standard InChI is InChI=1S/C3H7.Sc/c1-3-2;/h1,3H2,2H3;. The second-order valence-corrected chi connectivity index (χ2v) is 1.69. The van der Waals surface area contributed by atoms with Crippen molar-refractivity contribution in [3.63, 3.8) is 0 Å². The Morgan fingerprint density at radius 2 is 2.00 bits per heavy atom. The van der Waals surface area contributed by atoms with Crippen LogP contribution in [0.3, 0.4) is 0 Å². The minimum absolute atomic E-state index is 1.35. The van der Waals surface area contributed by atoms with E-state index in [1.54, 1.807) is 0 Å². The Labute approximate surface area is 42.2 Å². The van der Waals surface area contributed by atoms with E-state index in [2.05, 4.69) is 6.92 Å². The molecule has 0 rings (SSSR count). The average Bonchev–Trinajstić information content (AvgIpc) is 1.37. The van der Waals surface area contributed by atoms with Crippen LogP contribution in [0.4, 0.5) is 0 Å². The van der Waals surface area contributed by atoms with Crippen molar-refractivity contribution in [3.05, 3.63) is 0 Å². The van der Waals surface area contributed by atoms with Gasteiger partial charge in [-0.25, -0.2) is 0 Å². The summed E-state index contributed by atoms with van der Waals surface area (Å²) in [5.41, 5.74) is 0. The van der Waals surface area contributed by atoms with E-state index >= 15 is 0 Å². The third-order valence-electron chi connectivity index (χ3n) is 0.289. The third kappa shape index (κ3) is 2.87. The number of hydrogen-bond donors (Lipinski definition) is 0. The van der Waals surface area contributed by atoms with Gasteiger partial charge in [0.05, 0.1) is 0 Å². The molecule has 4 heavy (non-hydrogen) atoms. The predicted molar refractivity (Wildman–Crippen MR) is 15.1 cm³/mol. The van der Waals surface area contributed by atoms with Crippen molar-refractivity contribution in [2.24, 2.45) is 0 Å². The van der Waals surface area contributed by atoms with E-state index in [-0.39, 0.29) is 0 Å². The van der Waals surface area contributed by atoms with Crippen molar-refractivity contribution in [1.82, 2.24) is 0 Å². The van der Waals surface area contributed by atoms with E-state index in [1.807, 2.05) is 24.4 Å². The zero-order valence-corrected chi connectivity index (χ0v) is 4.79. The van der Waals surface area contributed by atoms with Gasteiger partial charge in [0.15, 0.2) is 0 Å². The van der Waals surface area contributed by atoms with Gasteiger partial charge in [0, 0.05) is 0 Å². The molecular formula is C3H7Sc. The van der Waals surface area contributed by atoms with Gasteiger partial charge in [0.1, 0.15) is 0 Å². The summed E-state index contributed by atoms with van der Waals surface area (Å²) in [6.45, 7) is 2.20. The molecule has 0 atom stereocenters. The molecule has 0 aromatic heterocycles. The molecular weight excluding hydrogens is 81.0 g/mol. The van der Waals surface area contributed by atoms with Crippen LogP contribution in [0, 0.1) is 0 Å². The summed E-state index contributed by atoms with van der Waals surface area (Å²) in [6, 6.07) is 0. The molecule has 0 amide bonds. The molecule has 0 aromatic carbocycles. The minimum atomic E-state index is 1.35. The normalized spacial score (nSPS) is 7.00. The topological polar surface area (TPSA) is 0 Å². The van der Waals surface area contributed by atoms with E-state index < -0.39 is 0 Å². The Balaban J connectivity index is 1.97. The maximum absolute atomic E-state index is 2.20. The molecule has 0 saturated heterocycles. The van der Waals surface area contributed by atoms with E-state index in [0.717, 1.165) is 0 Å². The van der Waals surface area contributed by atoms with Crippen molar-refractivity contribution in [3.8, 4) is 0 Å². The van der Waals surface area contributed by atoms with Crippen molar-refractivity contribution >= 4 is 0 Å². The average molecular weight is 88.0 g/mol. The molecule has 0 unspecified atom stereocenters. The second-order valence-electron chi connectivity index (χ2n) is 0.789. The molecule has 0 bridgehead atoms. The van der Waals surface area contributed by atoms with Crippen LogP contribution in [-0.4, -0.2) is 0 Å². The van der Waals surface area contributed by atoms with Crippen molar-refractivity contribution in [2.45, 2.75) is 17.5 Å². The summed E-state index contributed by atoms with van der Waals surface area (Å²) < 4.78 is 1.38. The molecule has 0 spiro atoms. The molecule has 0 aliphatic rings. The van der Waals surface area contributed by atoms with Crippen LogP contribution >= 0.6 is 0 Å². The van der Waals surface area contributed by atoms with E-state index in [1.165, 1.54) is 10.6 Å². The van der Waals surface area contributed by atoms with Gasteiger partial charge in [-0.3, -0.25) is 0 Å². The molecule has 0 radical (unpaired) electrons. The zero-order valence-electron chi connectivity index (χ0n) is 2.99. The predicted octanol–water partition coefficient (Wildman–Crippen LogP) is 1.36. The first-order chi connectivity index (χ1) is 1.91.